The average Bonchev–Trinajstić information content (AvgIpc) is 2.71. The maximum Gasteiger partial charge on any atom is 0.0431 e. The molecule has 1 aromatic carbocycles. The van der Waals surface area contributed by atoms with Crippen LogP contribution in [0.25, 0.3) is 0 Å². The molecule has 2 saturated heterocycles. The molecule has 0 radical (unpaired) electrons. The molecule has 2 nitrogen and oxygen atoms in total. The molecule has 0 spiro atoms. The molecule has 3 rings (SSSR count). The number of hydrogen-bond donors (Lipinski definition) is 1. The van der Waals surface area contributed by atoms with Crippen LogP contribution in [0, 0.1) is 12.8 Å². The molecule has 1 aromatic rings. The molecule has 0 saturated carbocycles. The number of aryl methyl sites for hydroxylation is 1. The Morgan fingerprint density at radius 2 is 1.95 bits per heavy atom. The van der Waals surface area contributed by atoms with Crippen LogP contribution in [0.3, 0.4) is 0 Å². The highest BCUT2D eigenvalue weighted by Crippen LogP contribution is 2.47. The van der Waals surface area contributed by atoms with Crippen LogP contribution in [0.15, 0.2) is 24.3 Å². The number of aliphatic hydroxyl groups excluding tert-OH is 1. The quantitative estimate of drug-likeness (QED) is 0.909. The highest BCUT2D eigenvalue weighted by molar-refractivity contribution is 5.27. The SMILES string of the molecule is Cc1ccc(C2C[C@H]3CCC(C2CCCO)N3C)cc1. The highest BCUT2D eigenvalue weighted by atomic mass is 16.2. The summed E-state index contributed by atoms with van der Waals surface area (Å²) in [5, 5.41) is 9.21. The zero-order valence-electron chi connectivity index (χ0n) is 12.8. The van der Waals surface area contributed by atoms with E-state index in [0.717, 1.165) is 24.9 Å². The van der Waals surface area contributed by atoms with Crippen LogP contribution in [-0.2, 0) is 0 Å². The first-order valence-electron chi connectivity index (χ1n) is 8.10. The van der Waals surface area contributed by atoms with Crippen LogP contribution in [-0.4, -0.2) is 35.7 Å². The number of benzene rings is 1. The fourth-order valence-electron chi connectivity index (χ4n) is 4.49. The van der Waals surface area contributed by atoms with Crippen molar-refractivity contribution in [1.82, 2.24) is 4.90 Å². The van der Waals surface area contributed by atoms with Gasteiger partial charge in [-0.05, 0) is 63.5 Å². The number of nitrogens with zero attached hydrogens (tertiary/aromatic N) is 1. The lowest BCUT2D eigenvalue weighted by molar-refractivity contribution is 0.0894. The minimum atomic E-state index is 0.330. The first-order chi connectivity index (χ1) is 9.70. The topological polar surface area (TPSA) is 23.5 Å². The Morgan fingerprint density at radius 3 is 2.65 bits per heavy atom. The van der Waals surface area contributed by atoms with Gasteiger partial charge in [-0.1, -0.05) is 29.8 Å². The van der Waals surface area contributed by atoms with E-state index in [1.54, 1.807) is 0 Å². The van der Waals surface area contributed by atoms with Gasteiger partial charge in [0.15, 0.2) is 0 Å². The summed E-state index contributed by atoms with van der Waals surface area (Å²) in [5.41, 5.74) is 2.86. The summed E-state index contributed by atoms with van der Waals surface area (Å²) in [7, 11) is 2.31. The first kappa shape index (κ1) is 14.1. The summed E-state index contributed by atoms with van der Waals surface area (Å²) in [4.78, 5) is 2.62. The molecule has 0 aromatic heterocycles. The summed E-state index contributed by atoms with van der Waals surface area (Å²) in [6, 6.07) is 10.7. The van der Waals surface area contributed by atoms with Gasteiger partial charge in [0.25, 0.3) is 0 Å². The Bertz CT molecular complexity index is 441. The van der Waals surface area contributed by atoms with Gasteiger partial charge in [-0.2, -0.15) is 0 Å². The minimum absolute atomic E-state index is 0.330. The van der Waals surface area contributed by atoms with Crippen molar-refractivity contribution in [3.8, 4) is 0 Å². The second-order valence-electron chi connectivity index (χ2n) is 6.75. The summed E-state index contributed by atoms with van der Waals surface area (Å²) in [6.07, 6.45) is 6.11. The lowest BCUT2D eigenvalue weighted by atomic mass is 9.74. The highest BCUT2D eigenvalue weighted by Gasteiger charge is 2.45. The molecule has 2 aliphatic heterocycles. The van der Waals surface area contributed by atoms with E-state index in [1.165, 1.54) is 30.4 Å². The zero-order valence-corrected chi connectivity index (χ0v) is 12.8. The maximum atomic E-state index is 9.21. The van der Waals surface area contributed by atoms with Gasteiger partial charge in [0.2, 0.25) is 0 Å². The molecule has 2 aliphatic rings. The molecule has 20 heavy (non-hydrogen) atoms. The van der Waals surface area contributed by atoms with Crippen molar-refractivity contribution in [2.24, 2.45) is 5.92 Å². The van der Waals surface area contributed by atoms with Gasteiger partial charge in [0.05, 0.1) is 0 Å². The number of rotatable bonds is 4. The number of fused-ring (bicyclic) bond motifs is 2. The molecule has 110 valence electrons. The standard InChI is InChI=1S/C18H27NO/c1-13-5-7-14(8-6-13)17-12-15-9-10-18(19(15)2)16(17)4-3-11-20/h5-8,15-18,20H,3-4,9-12H2,1-2H3/t15-,16?,17?,18?/m1/s1. The normalized spacial score (nSPS) is 33.5. The van der Waals surface area contributed by atoms with Gasteiger partial charge in [0.1, 0.15) is 0 Å². The Kier molecular flexibility index (Phi) is 4.13. The van der Waals surface area contributed by atoms with Gasteiger partial charge < -0.3 is 10.0 Å². The van der Waals surface area contributed by atoms with Crippen molar-refractivity contribution in [2.45, 2.75) is 57.0 Å². The van der Waals surface area contributed by atoms with E-state index in [-0.39, 0.29) is 0 Å². The third kappa shape index (κ3) is 2.51. The third-order valence-electron chi connectivity index (χ3n) is 5.63. The average molecular weight is 273 g/mol. The van der Waals surface area contributed by atoms with Crippen molar-refractivity contribution in [3.63, 3.8) is 0 Å². The minimum Gasteiger partial charge on any atom is -0.396 e. The van der Waals surface area contributed by atoms with Crippen molar-refractivity contribution in [3.05, 3.63) is 35.4 Å². The van der Waals surface area contributed by atoms with Crippen LogP contribution in [0.5, 0.6) is 0 Å². The molecule has 2 bridgehead atoms. The van der Waals surface area contributed by atoms with E-state index >= 15 is 0 Å². The Morgan fingerprint density at radius 1 is 1.20 bits per heavy atom. The molecule has 2 fully saturated rings. The van der Waals surface area contributed by atoms with Gasteiger partial charge in [-0.15, -0.1) is 0 Å². The summed E-state index contributed by atoms with van der Waals surface area (Å²) < 4.78 is 0. The fraction of sp³-hybridized carbons (Fsp3) is 0.667. The molecule has 0 aliphatic carbocycles. The lowest BCUT2D eigenvalue weighted by Crippen LogP contribution is -2.45. The molecule has 0 amide bonds. The van der Waals surface area contributed by atoms with Crippen LogP contribution in [0.1, 0.15) is 49.1 Å². The molecule has 1 N–H and O–H groups in total. The Hall–Kier alpha value is -0.860. The molecular formula is C18H27NO. The van der Waals surface area contributed by atoms with Crippen LogP contribution < -0.4 is 0 Å². The van der Waals surface area contributed by atoms with Gasteiger partial charge in [0, 0.05) is 18.7 Å². The number of hydrogen-bond acceptors (Lipinski definition) is 2. The van der Waals surface area contributed by atoms with Gasteiger partial charge in [-0.25, -0.2) is 0 Å². The lowest BCUT2D eigenvalue weighted by Gasteiger charge is -2.43. The van der Waals surface area contributed by atoms with Crippen molar-refractivity contribution in [1.29, 1.82) is 0 Å². The molecule has 3 unspecified atom stereocenters. The number of piperidine rings is 1. The maximum absolute atomic E-state index is 9.21. The predicted molar refractivity (Wildman–Crippen MR) is 82.9 cm³/mol. The molecular weight excluding hydrogens is 246 g/mol. The van der Waals surface area contributed by atoms with Gasteiger partial charge >= 0.3 is 0 Å². The Balaban J connectivity index is 1.85. The monoisotopic (exact) mass is 273 g/mol. The summed E-state index contributed by atoms with van der Waals surface area (Å²) >= 11 is 0. The second kappa shape index (κ2) is 5.87. The largest absolute Gasteiger partial charge is 0.396 e. The van der Waals surface area contributed by atoms with E-state index in [0.29, 0.717) is 18.4 Å². The summed E-state index contributed by atoms with van der Waals surface area (Å²) in [6.45, 7) is 2.49. The van der Waals surface area contributed by atoms with E-state index < -0.39 is 0 Å². The molecule has 4 atom stereocenters. The summed E-state index contributed by atoms with van der Waals surface area (Å²) in [5.74, 6) is 1.41. The van der Waals surface area contributed by atoms with Crippen molar-refractivity contribution < 1.29 is 5.11 Å². The van der Waals surface area contributed by atoms with E-state index in [1.807, 2.05) is 0 Å². The van der Waals surface area contributed by atoms with Gasteiger partial charge in [-0.3, -0.25) is 0 Å². The fourth-order valence-corrected chi connectivity index (χ4v) is 4.49. The van der Waals surface area contributed by atoms with Crippen LogP contribution in [0.2, 0.25) is 0 Å². The third-order valence-corrected chi connectivity index (χ3v) is 5.63. The Labute approximate surface area is 122 Å². The molecule has 2 heterocycles. The second-order valence-corrected chi connectivity index (χ2v) is 6.75. The smallest absolute Gasteiger partial charge is 0.0431 e. The van der Waals surface area contributed by atoms with Crippen molar-refractivity contribution >= 4 is 0 Å². The van der Waals surface area contributed by atoms with E-state index in [2.05, 4.69) is 43.1 Å². The van der Waals surface area contributed by atoms with E-state index in [4.69, 9.17) is 0 Å². The predicted octanol–water partition coefficient (Wildman–Crippen LogP) is 3.33. The van der Waals surface area contributed by atoms with Crippen molar-refractivity contribution in [2.75, 3.05) is 13.7 Å². The molecule has 2 heteroatoms. The van der Waals surface area contributed by atoms with E-state index in [9.17, 15) is 5.11 Å². The zero-order chi connectivity index (χ0) is 14.1. The first-order valence-corrected chi connectivity index (χ1v) is 8.10. The van der Waals surface area contributed by atoms with Crippen LogP contribution >= 0.6 is 0 Å². The number of aliphatic hydroxyl groups is 1. The van der Waals surface area contributed by atoms with Crippen LogP contribution in [0.4, 0.5) is 0 Å².